The highest BCUT2D eigenvalue weighted by molar-refractivity contribution is 7.99. The van der Waals surface area contributed by atoms with E-state index >= 15 is 0 Å². The number of aromatic nitrogens is 3. The third-order valence-electron chi connectivity index (χ3n) is 7.70. The van der Waals surface area contributed by atoms with Gasteiger partial charge in [0.05, 0.1) is 33.8 Å². The molecular formula is C30H30FN7O4S3. The smallest absolute Gasteiger partial charge is 0.253 e. The van der Waals surface area contributed by atoms with Gasteiger partial charge in [-0.15, -0.1) is 21.5 Å². The number of thiophene rings is 1. The molecule has 11 nitrogen and oxygen atoms in total. The number of carbonyl (C=O) groups is 2. The zero-order valence-corrected chi connectivity index (χ0v) is 26.7. The van der Waals surface area contributed by atoms with Gasteiger partial charge in [-0.1, -0.05) is 30.0 Å². The van der Waals surface area contributed by atoms with Gasteiger partial charge in [-0.3, -0.25) is 9.59 Å². The Balaban J connectivity index is 1.07. The first-order valence-electron chi connectivity index (χ1n) is 14.3. The van der Waals surface area contributed by atoms with E-state index in [4.69, 9.17) is 0 Å². The zero-order chi connectivity index (χ0) is 31.6. The largest absolute Gasteiger partial charge is 0.345 e. The lowest BCUT2D eigenvalue weighted by Crippen LogP contribution is -2.28. The van der Waals surface area contributed by atoms with E-state index in [9.17, 15) is 22.4 Å². The molecule has 1 fully saturated rings. The minimum absolute atomic E-state index is 0.0456. The van der Waals surface area contributed by atoms with Gasteiger partial charge in [0.2, 0.25) is 10.0 Å². The van der Waals surface area contributed by atoms with E-state index in [1.165, 1.54) is 57.5 Å². The molecule has 1 saturated heterocycles. The van der Waals surface area contributed by atoms with Crippen molar-refractivity contribution in [2.24, 2.45) is 12.1 Å². The molecule has 0 bridgehead atoms. The molecular weight excluding hydrogens is 638 g/mol. The molecule has 4 heterocycles. The molecule has 0 spiro atoms. The van der Waals surface area contributed by atoms with Gasteiger partial charge in [0.15, 0.2) is 11.0 Å². The van der Waals surface area contributed by atoms with Crippen LogP contribution < -0.4 is 5.32 Å². The highest BCUT2D eigenvalue weighted by Gasteiger charge is 2.34. The second-order valence-corrected chi connectivity index (χ2v) is 14.4. The quantitative estimate of drug-likeness (QED) is 0.251. The second kappa shape index (κ2) is 13.2. The average Bonchev–Trinajstić information content (AvgIpc) is 3.87. The molecule has 0 saturated carbocycles. The fraction of sp³-hybridized carbons (Fsp3) is 0.300. The van der Waals surface area contributed by atoms with Gasteiger partial charge in [-0.2, -0.15) is 9.41 Å². The van der Waals surface area contributed by atoms with E-state index in [1.807, 2.05) is 17.5 Å². The molecule has 45 heavy (non-hydrogen) atoms. The third kappa shape index (κ3) is 6.71. The molecule has 15 heteroatoms. The van der Waals surface area contributed by atoms with Crippen molar-refractivity contribution in [3.05, 3.63) is 93.7 Å². The van der Waals surface area contributed by atoms with Crippen molar-refractivity contribution in [2.75, 3.05) is 18.8 Å². The minimum atomic E-state index is -3.56. The van der Waals surface area contributed by atoms with Gasteiger partial charge in [0.25, 0.3) is 11.8 Å². The fourth-order valence-electron chi connectivity index (χ4n) is 5.21. The van der Waals surface area contributed by atoms with E-state index < -0.39 is 10.0 Å². The van der Waals surface area contributed by atoms with Crippen molar-refractivity contribution in [1.29, 1.82) is 0 Å². The van der Waals surface area contributed by atoms with Crippen LogP contribution >= 0.6 is 23.1 Å². The van der Waals surface area contributed by atoms with Crippen LogP contribution in [0, 0.1) is 5.82 Å². The van der Waals surface area contributed by atoms with Crippen LogP contribution in [0.1, 0.15) is 51.9 Å². The summed E-state index contributed by atoms with van der Waals surface area (Å²) in [6.45, 7) is 1.10. The lowest BCUT2D eigenvalue weighted by molar-refractivity contribution is -0.130. The standard InChI is InChI=1S/C30H30FN7O4S3/c1-36-27(18-32-29(40)21-8-12-23(13-9-21)45(41,42)37-14-2-3-15-37)33-34-30(36)44-19-28(39)38-25(20-6-10-22(31)11-7-20)17-24(35-38)26-5-4-16-43-26/h4-13,16,25H,2-3,14-15,17-19H2,1H3,(H,32,40)/t25-/m0/s1. The Labute approximate surface area is 268 Å². The van der Waals surface area contributed by atoms with Gasteiger partial charge < -0.3 is 9.88 Å². The number of amides is 2. The summed E-state index contributed by atoms with van der Waals surface area (Å²) in [5, 5.41) is 19.7. The SMILES string of the molecule is Cn1c(CNC(=O)c2ccc(S(=O)(=O)N3CCCC3)cc2)nnc1SCC(=O)N1N=C(c2cccs2)C[C@H]1c1ccc(F)cc1. The Bertz CT molecular complexity index is 1820. The molecule has 1 N–H and O–H groups in total. The Morgan fingerprint density at radius 3 is 2.47 bits per heavy atom. The molecule has 2 aliphatic rings. The van der Waals surface area contributed by atoms with Crippen molar-refractivity contribution in [2.45, 2.75) is 41.9 Å². The summed E-state index contributed by atoms with van der Waals surface area (Å²) in [5.41, 5.74) is 1.92. The normalized spacial score (nSPS) is 17.1. The van der Waals surface area contributed by atoms with E-state index in [2.05, 4.69) is 20.6 Å². The lowest BCUT2D eigenvalue weighted by Gasteiger charge is -2.21. The summed E-state index contributed by atoms with van der Waals surface area (Å²) in [4.78, 5) is 27.3. The molecule has 2 aliphatic heterocycles. The molecule has 2 aromatic carbocycles. The lowest BCUT2D eigenvalue weighted by atomic mass is 10.0. The highest BCUT2D eigenvalue weighted by Crippen LogP contribution is 2.34. The Hall–Kier alpha value is -3.92. The van der Waals surface area contributed by atoms with Crippen molar-refractivity contribution in [3.8, 4) is 0 Å². The molecule has 4 aromatic rings. The summed E-state index contributed by atoms with van der Waals surface area (Å²) >= 11 is 2.75. The van der Waals surface area contributed by atoms with Gasteiger partial charge in [-0.05, 0) is 66.2 Å². The molecule has 2 amide bonds. The van der Waals surface area contributed by atoms with E-state index in [-0.39, 0.29) is 40.9 Å². The number of rotatable bonds is 10. The van der Waals surface area contributed by atoms with Crippen molar-refractivity contribution >= 4 is 50.6 Å². The highest BCUT2D eigenvalue weighted by atomic mass is 32.2. The molecule has 6 rings (SSSR count). The first-order valence-corrected chi connectivity index (χ1v) is 17.6. The summed E-state index contributed by atoms with van der Waals surface area (Å²) < 4.78 is 42.3. The third-order valence-corrected chi connectivity index (χ3v) is 11.5. The number of hydrazone groups is 1. The number of nitrogens with zero attached hydrogens (tertiary/aromatic N) is 6. The van der Waals surface area contributed by atoms with E-state index in [0.29, 0.717) is 36.1 Å². The minimum Gasteiger partial charge on any atom is -0.345 e. The first kappa shape index (κ1) is 31.1. The van der Waals surface area contributed by atoms with Crippen LogP contribution in [0.2, 0.25) is 0 Å². The van der Waals surface area contributed by atoms with E-state index in [0.717, 1.165) is 29.0 Å². The molecule has 1 atom stereocenters. The molecule has 234 valence electrons. The molecule has 0 aliphatic carbocycles. The zero-order valence-electron chi connectivity index (χ0n) is 24.3. The predicted molar refractivity (Wildman–Crippen MR) is 169 cm³/mol. The van der Waals surface area contributed by atoms with Gasteiger partial charge >= 0.3 is 0 Å². The maximum atomic E-state index is 13.6. The van der Waals surface area contributed by atoms with Crippen LogP contribution in [-0.4, -0.2) is 68.9 Å². The number of hydrogen-bond donors (Lipinski definition) is 1. The Kier molecular flexibility index (Phi) is 9.12. The van der Waals surface area contributed by atoms with Gasteiger partial charge in [0, 0.05) is 32.1 Å². The molecule has 2 aromatic heterocycles. The first-order chi connectivity index (χ1) is 21.7. The second-order valence-electron chi connectivity index (χ2n) is 10.6. The Morgan fingerprint density at radius 1 is 1.04 bits per heavy atom. The van der Waals surface area contributed by atoms with Crippen LogP contribution in [0.3, 0.4) is 0 Å². The number of carbonyl (C=O) groups excluding carboxylic acids is 2. The predicted octanol–water partition coefficient (Wildman–Crippen LogP) is 4.20. The van der Waals surface area contributed by atoms with Crippen LogP contribution in [0.25, 0.3) is 0 Å². The topological polar surface area (TPSA) is 130 Å². The summed E-state index contributed by atoms with van der Waals surface area (Å²) in [6.07, 6.45) is 2.22. The number of hydrogen-bond acceptors (Lipinski definition) is 9. The van der Waals surface area contributed by atoms with Gasteiger partial charge in [-0.25, -0.2) is 17.8 Å². The van der Waals surface area contributed by atoms with E-state index in [1.54, 1.807) is 35.1 Å². The average molecular weight is 668 g/mol. The molecule has 0 radical (unpaired) electrons. The van der Waals surface area contributed by atoms with Crippen LogP contribution in [0.4, 0.5) is 4.39 Å². The Morgan fingerprint density at radius 2 is 1.78 bits per heavy atom. The number of benzene rings is 2. The monoisotopic (exact) mass is 667 g/mol. The number of nitrogens with one attached hydrogen (secondary N) is 1. The van der Waals surface area contributed by atoms with Gasteiger partial charge in [0.1, 0.15) is 5.82 Å². The van der Waals surface area contributed by atoms with Crippen molar-refractivity contribution in [1.82, 2.24) is 29.4 Å². The number of halogens is 1. The summed E-state index contributed by atoms with van der Waals surface area (Å²) in [5.74, 6) is -0.430. The van der Waals surface area contributed by atoms with Crippen LogP contribution in [-0.2, 0) is 28.4 Å². The van der Waals surface area contributed by atoms with Crippen molar-refractivity contribution < 1.29 is 22.4 Å². The maximum absolute atomic E-state index is 13.6. The van der Waals surface area contributed by atoms with Crippen LogP contribution in [0.5, 0.6) is 0 Å². The summed E-state index contributed by atoms with van der Waals surface area (Å²) in [7, 11) is -1.81. The fourth-order valence-corrected chi connectivity index (χ4v) is 8.23. The molecule has 0 unspecified atom stereocenters. The van der Waals surface area contributed by atoms with Crippen molar-refractivity contribution in [3.63, 3.8) is 0 Å². The summed E-state index contributed by atoms with van der Waals surface area (Å²) in [6, 6.07) is 15.5. The number of sulfonamides is 1. The maximum Gasteiger partial charge on any atom is 0.253 e. The van der Waals surface area contributed by atoms with Crippen LogP contribution in [0.15, 0.2) is 81.2 Å². The number of thioether (sulfide) groups is 1.